The number of hydrogen-bond acceptors (Lipinski definition) is 4. The van der Waals surface area contributed by atoms with Gasteiger partial charge in [0.25, 0.3) is 5.91 Å². The minimum atomic E-state index is -0.456. The number of anilines is 2. The number of fused-ring (bicyclic) bond motifs is 1. The van der Waals surface area contributed by atoms with E-state index < -0.39 is 6.10 Å². The van der Waals surface area contributed by atoms with Crippen molar-refractivity contribution in [3.63, 3.8) is 0 Å². The van der Waals surface area contributed by atoms with Crippen LogP contribution in [-0.4, -0.2) is 44.9 Å². The molecule has 2 aliphatic heterocycles. The maximum atomic E-state index is 12.7. The second-order valence-corrected chi connectivity index (χ2v) is 7.49. The molecule has 0 bridgehead atoms. The van der Waals surface area contributed by atoms with Gasteiger partial charge in [0.1, 0.15) is 6.10 Å². The SMILES string of the molecule is CC(C)[C@H](OC[C@@H]1CCCO1)C(=O)Nc1ccc2c(c1)CCCN2C. The fourth-order valence-electron chi connectivity index (χ4n) is 3.63. The number of benzene rings is 1. The van der Waals surface area contributed by atoms with Gasteiger partial charge in [-0.15, -0.1) is 0 Å². The van der Waals surface area contributed by atoms with Crippen molar-refractivity contribution in [2.75, 3.05) is 37.0 Å². The second-order valence-electron chi connectivity index (χ2n) is 7.49. The zero-order chi connectivity index (χ0) is 17.8. The Hall–Kier alpha value is -1.59. The van der Waals surface area contributed by atoms with Crippen molar-refractivity contribution in [2.24, 2.45) is 5.92 Å². The van der Waals surface area contributed by atoms with Gasteiger partial charge in [-0.2, -0.15) is 0 Å². The van der Waals surface area contributed by atoms with Crippen molar-refractivity contribution in [3.05, 3.63) is 23.8 Å². The maximum Gasteiger partial charge on any atom is 0.253 e. The van der Waals surface area contributed by atoms with E-state index in [1.54, 1.807) is 0 Å². The monoisotopic (exact) mass is 346 g/mol. The summed E-state index contributed by atoms with van der Waals surface area (Å²) in [5.74, 6) is 0.0438. The third-order valence-electron chi connectivity index (χ3n) is 5.05. The van der Waals surface area contributed by atoms with Gasteiger partial charge in [0.2, 0.25) is 0 Å². The van der Waals surface area contributed by atoms with E-state index in [-0.39, 0.29) is 17.9 Å². The predicted octanol–water partition coefficient (Wildman–Crippen LogP) is 3.23. The lowest BCUT2D eigenvalue weighted by Gasteiger charge is -2.28. The standard InChI is InChI=1S/C20H30N2O3/c1-14(2)19(25-13-17-7-5-11-24-17)20(23)21-16-8-9-18-15(12-16)6-4-10-22(18)3/h8-9,12,14,17,19H,4-7,10-11,13H2,1-3H3,(H,21,23)/t17-,19-/m0/s1. The summed E-state index contributed by atoms with van der Waals surface area (Å²) < 4.78 is 11.5. The van der Waals surface area contributed by atoms with Gasteiger partial charge in [-0.1, -0.05) is 13.8 Å². The summed E-state index contributed by atoms with van der Waals surface area (Å²) in [7, 11) is 2.12. The Kier molecular flexibility index (Phi) is 5.97. The molecule has 1 saturated heterocycles. The Morgan fingerprint density at radius 1 is 1.40 bits per heavy atom. The number of nitrogens with zero attached hydrogens (tertiary/aromatic N) is 1. The molecular weight excluding hydrogens is 316 g/mol. The van der Waals surface area contributed by atoms with Crippen LogP contribution in [0, 0.1) is 5.92 Å². The molecule has 1 amide bonds. The van der Waals surface area contributed by atoms with E-state index in [1.807, 2.05) is 19.9 Å². The zero-order valence-corrected chi connectivity index (χ0v) is 15.6. The van der Waals surface area contributed by atoms with Crippen molar-refractivity contribution < 1.29 is 14.3 Å². The van der Waals surface area contributed by atoms with E-state index in [0.29, 0.717) is 6.61 Å². The molecule has 1 aromatic rings. The predicted molar refractivity (Wildman–Crippen MR) is 100 cm³/mol. The molecule has 0 radical (unpaired) electrons. The van der Waals surface area contributed by atoms with Crippen LogP contribution >= 0.6 is 0 Å². The Morgan fingerprint density at radius 2 is 2.24 bits per heavy atom. The minimum Gasteiger partial charge on any atom is -0.376 e. The summed E-state index contributed by atoms with van der Waals surface area (Å²) in [6.07, 6.45) is 3.99. The van der Waals surface area contributed by atoms with Crippen LogP contribution < -0.4 is 10.2 Å². The summed E-state index contributed by atoms with van der Waals surface area (Å²) in [6.45, 7) is 6.41. The number of carbonyl (C=O) groups is 1. The van der Waals surface area contributed by atoms with E-state index in [1.165, 1.54) is 11.3 Å². The van der Waals surface area contributed by atoms with Crippen LogP contribution in [0.3, 0.4) is 0 Å². The topological polar surface area (TPSA) is 50.8 Å². The lowest BCUT2D eigenvalue weighted by Crippen LogP contribution is -2.37. The van der Waals surface area contributed by atoms with Crippen molar-refractivity contribution in [2.45, 2.75) is 51.7 Å². The van der Waals surface area contributed by atoms with Gasteiger partial charge in [0.05, 0.1) is 12.7 Å². The molecule has 3 rings (SSSR count). The minimum absolute atomic E-state index is 0.0721. The average molecular weight is 346 g/mol. The third kappa shape index (κ3) is 4.53. The highest BCUT2D eigenvalue weighted by Crippen LogP contribution is 2.28. The Bertz CT molecular complexity index is 597. The van der Waals surface area contributed by atoms with Gasteiger partial charge in [-0.3, -0.25) is 4.79 Å². The highest BCUT2D eigenvalue weighted by Gasteiger charge is 2.26. The molecule has 0 unspecified atom stereocenters. The van der Waals surface area contributed by atoms with Crippen LogP contribution in [-0.2, 0) is 20.7 Å². The van der Waals surface area contributed by atoms with Crippen LogP contribution in [0.25, 0.3) is 0 Å². The first kappa shape index (κ1) is 18.2. The van der Waals surface area contributed by atoms with Gasteiger partial charge < -0.3 is 19.7 Å². The molecule has 2 atom stereocenters. The van der Waals surface area contributed by atoms with Crippen LogP contribution in [0.2, 0.25) is 0 Å². The summed E-state index contributed by atoms with van der Waals surface area (Å²) in [6, 6.07) is 6.18. The lowest BCUT2D eigenvalue weighted by molar-refractivity contribution is -0.132. The summed E-state index contributed by atoms with van der Waals surface area (Å²) in [5, 5.41) is 3.04. The number of hydrogen-bond donors (Lipinski definition) is 1. The fourth-order valence-corrected chi connectivity index (χ4v) is 3.63. The molecule has 2 aliphatic rings. The zero-order valence-electron chi connectivity index (χ0n) is 15.6. The smallest absolute Gasteiger partial charge is 0.253 e. The summed E-state index contributed by atoms with van der Waals surface area (Å²) in [4.78, 5) is 15.0. The molecule has 0 spiro atoms. The molecule has 1 N–H and O–H groups in total. The molecule has 5 nitrogen and oxygen atoms in total. The highest BCUT2D eigenvalue weighted by atomic mass is 16.5. The first-order chi connectivity index (χ1) is 12.0. The molecule has 0 aromatic heterocycles. The van der Waals surface area contributed by atoms with Crippen molar-refractivity contribution in [1.29, 1.82) is 0 Å². The van der Waals surface area contributed by atoms with Gasteiger partial charge in [-0.25, -0.2) is 0 Å². The van der Waals surface area contributed by atoms with Crippen LogP contribution in [0.15, 0.2) is 18.2 Å². The normalized spacial score (nSPS) is 21.3. The summed E-state index contributed by atoms with van der Waals surface area (Å²) in [5.41, 5.74) is 3.41. The van der Waals surface area contributed by atoms with Gasteiger partial charge >= 0.3 is 0 Å². The number of nitrogens with one attached hydrogen (secondary N) is 1. The van der Waals surface area contributed by atoms with Crippen LogP contribution in [0.4, 0.5) is 11.4 Å². The molecule has 5 heteroatoms. The molecule has 1 aromatic carbocycles. The van der Waals surface area contributed by atoms with Gasteiger partial charge in [0, 0.05) is 31.6 Å². The fraction of sp³-hybridized carbons (Fsp3) is 0.650. The molecule has 0 aliphatic carbocycles. The molecular formula is C20H30N2O3. The largest absolute Gasteiger partial charge is 0.376 e. The van der Waals surface area contributed by atoms with E-state index in [2.05, 4.69) is 29.4 Å². The number of amides is 1. The van der Waals surface area contributed by atoms with E-state index in [9.17, 15) is 4.79 Å². The second kappa shape index (κ2) is 8.19. The van der Waals surface area contributed by atoms with Gasteiger partial charge in [-0.05, 0) is 55.4 Å². The summed E-state index contributed by atoms with van der Waals surface area (Å²) >= 11 is 0. The molecule has 138 valence electrons. The van der Waals surface area contributed by atoms with E-state index >= 15 is 0 Å². The van der Waals surface area contributed by atoms with Crippen LogP contribution in [0.1, 0.15) is 38.7 Å². The van der Waals surface area contributed by atoms with Crippen molar-refractivity contribution in [1.82, 2.24) is 0 Å². The number of rotatable bonds is 6. The van der Waals surface area contributed by atoms with Gasteiger partial charge in [0.15, 0.2) is 0 Å². The van der Waals surface area contributed by atoms with E-state index in [4.69, 9.17) is 9.47 Å². The Labute approximate surface area is 150 Å². The number of ether oxygens (including phenoxy) is 2. The third-order valence-corrected chi connectivity index (χ3v) is 5.05. The first-order valence-corrected chi connectivity index (χ1v) is 9.42. The highest BCUT2D eigenvalue weighted by molar-refractivity contribution is 5.94. The van der Waals surface area contributed by atoms with E-state index in [0.717, 1.165) is 44.5 Å². The number of aryl methyl sites for hydroxylation is 1. The molecule has 25 heavy (non-hydrogen) atoms. The average Bonchev–Trinajstić information content (AvgIpc) is 3.08. The maximum absolute atomic E-state index is 12.7. The Morgan fingerprint density at radius 3 is 2.96 bits per heavy atom. The quantitative estimate of drug-likeness (QED) is 0.859. The molecule has 2 heterocycles. The van der Waals surface area contributed by atoms with Crippen molar-refractivity contribution in [3.8, 4) is 0 Å². The van der Waals surface area contributed by atoms with Crippen LogP contribution in [0.5, 0.6) is 0 Å². The lowest BCUT2D eigenvalue weighted by atomic mass is 10.0. The molecule has 0 saturated carbocycles. The first-order valence-electron chi connectivity index (χ1n) is 9.42. The Balaban J connectivity index is 1.62. The number of carbonyl (C=O) groups excluding carboxylic acids is 1. The van der Waals surface area contributed by atoms with Crippen molar-refractivity contribution >= 4 is 17.3 Å². The molecule has 1 fully saturated rings.